The van der Waals surface area contributed by atoms with Crippen LogP contribution in [0.3, 0.4) is 0 Å². The first kappa shape index (κ1) is 10.1. The molecule has 0 fully saturated rings. The lowest BCUT2D eigenvalue weighted by molar-refractivity contribution is -0.133. The Morgan fingerprint density at radius 1 is 1.43 bits per heavy atom. The molecule has 0 unspecified atom stereocenters. The number of hydrogen-bond acceptors (Lipinski definition) is 2. The van der Waals surface area contributed by atoms with Crippen LogP contribution in [0.5, 0.6) is 0 Å². The minimum Gasteiger partial charge on any atom is -0.465 e. The zero-order valence-electron chi connectivity index (χ0n) is 7.86. The van der Waals surface area contributed by atoms with Gasteiger partial charge in [0, 0.05) is 6.08 Å². The maximum atomic E-state index is 11.3. The van der Waals surface area contributed by atoms with Gasteiger partial charge in [-0.25, -0.2) is 4.79 Å². The number of rotatable bonds is 2. The van der Waals surface area contributed by atoms with Gasteiger partial charge in [0.25, 0.3) is 0 Å². The van der Waals surface area contributed by atoms with Crippen LogP contribution in [0.4, 0.5) is 0 Å². The first-order chi connectivity index (χ1) is 6.79. The lowest BCUT2D eigenvalue weighted by Crippen LogP contribution is -2.03. The van der Waals surface area contributed by atoms with Crippen molar-refractivity contribution in [3.05, 3.63) is 42.0 Å². The summed E-state index contributed by atoms with van der Waals surface area (Å²) in [6.45, 7) is 0. The summed E-state index contributed by atoms with van der Waals surface area (Å²) in [4.78, 5) is 11.3. The largest absolute Gasteiger partial charge is 0.465 e. The molecule has 0 saturated heterocycles. The minimum absolute atomic E-state index is 0.399. The third kappa shape index (κ3) is 2.24. The molecule has 2 nitrogen and oxygen atoms in total. The molecule has 70 valence electrons. The summed E-state index contributed by atoms with van der Waals surface area (Å²) in [5.74, 6) is 1.90. The lowest BCUT2D eigenvalue weighted by Gasteiger charge is -2.03. The molecule has 0 saturated carbocycles. The van der Waals surface area contributed by atoms with Crippen molar-refractivity contribution < 1.29 is 9.53 Å². The van der Waals surface area contributed by atoms with Crippen LogP contribution < -0.4 is 0 Å². The zero-order chi connectivity index (χ0) is 10.4. The number of esters is 1. The number of hydrogen-bond donors (Lipinski definition) is 0. The molecule has 0 bridgehead atoms. The number of methoxy groups -OCH3 is 1. The van der Waals surface area contributed by atoms with Crippen molar-refractivity contribution in [2.75, 3.05) is 7.11 Å². The van der Waals surface area contributed by atoms with E-state index in [0.29, 0.717) is 5.57 Å². The number of ether oxygens (including phenoxy) is 1. The molecule has 0 heterocycles. The molecule has 0 atom stereocenters. The fraction of sp³-hybridized carbons (Fsp3) is 0.0833. The zero-order valence-corrected chi connectivity index (χ0v) is 7.86. The summed E-state index contributed by atoms with van der Waals surface area (Å²) in [6, 6.07) is 9.15. The van der Waals surface area contributed by atoms with E-state index in [2.05, 4.69) is 10.7 Å². The highest BCUT2D eigenvalue weighted by Gasteiger charge is 2.10. The van der Waals surface area contributed by atoms with Crippen LogP contribution in [0, 0.1) is 12.3 Å². The smallest absolute Gasteiger partial charge is 0.339 e. The van der Waals surface area contributed by atoms with Gasteiger partial charge in [-0.1, -0.05) is 36.3 Å². The molecular weight excluding hydrogens is 176 g/mol. The summed E-state index contributed by atoms with van der Waals surface area (Å²) in [6.07, 6.45) is 6.53. The van der Waals surface area contributed by atoms with E-state index in [9.17, 15) is 4.79 Å². The maximum Gasteiger partial charge on any atom is 0.339 e. The highest BCUT2D eigenvalue weighted by atomic mass is 16.5. The highest BCUT2D eigenvalue weighted by Crippen LogP contribution is 2.14. The van der Waals surface area contributed by atoms with Gasteiger partial charge in [0.2, 0.25) is 0 Å². The fourth-order valence-electron chi connectivity index (χ4n) is 1.07. The Hall–Kier alpha value is -2.01. The van der Waals surface area contributed by atoms with E-state index in [4.69, 9.17) is 6.42 Å². The average molecular weight is 186 g/mol. The number of allylic oxidation sites excluding steroid dienone is 1. The molecule has 0 aliphatic carbocycles. The second kappa shape index (κ2) is 4.88. The van der Waals surface area contributed by atoms with Crippen LogP contribution in [-0.4, -0.2) is 13.1 Å². The third-order valence-electron chi connectivity index (χ3n) is 1.72. The summed E-state index contributed by atoms with van der Waals surface area (Å²) < 4.78 is 4.62. The molecule has 0 radical (unpaired) electrons. The van der Waals surface area contributed by atoms with E-state index in [-0.39, 0.29) is 0 Å². The predicted molar refractivity (Wildman–Crippen MR) is 55.3 cm³/mol. The average Bonchev–Trinajstić information content (AvgIpc) is 2.26. The molecule has 1 rings (SSSR count). The van der Waals surface area contributed by atoms with Gasteiger partial charge in [-0.2, -0.15) is 0 Å². The van der Waals surface area contributed by atoms with E-state index in [0.717, 1.165) is 5.56 Å². The molecule has 0 spiro atoms. The van der Waals surface area contributed by atoms with E-state index < -0.39 is 5.97 Å². The molecule has 0 aliphatic rings. The van der Waals surface area contributed by atoms with Gasteiger partial charge < -0.3 is 4.74 Å². The number of carbonyl (C=O) groups excluding carboxylic acids is 1. The van der Waals surface area contributed by atoms with Gasteiger partial charge in [-0.15, -0.1) is 6.42 Å². The summed E-state index contributed by atoms with van der Waals surface area (Å²) in [7, 11) is 1.33. The van der Waals surface area contributed by atoms with E-state index in [1.807, 2.05) is 18.2 Å². The second-order valence-electron chi connectivity index (χ2n) is 2.58. The Bertz CT molecular complexity index is 383. The van der Waals surface area contributed by atoms with Gasteiger partial charge in [-0.05, 0) is 5.56 Å². The molecule has 0 aromatic heterocycles. The van der Waals surface area contributed by atoms with Gasteiger partial charge in [0.1, 0.15) is 0 Å². The molecule has 0 N–H and O–H groups in total. The molecule has 0 aliphatic heterocycles. The summed E-state index contributed by atoms with van der Waals surface area (Å²) in [5.41, 5.74) is 1.16. The van der Waals surface area contributed by atoms with Crippen molar-refractivity contribution in [2.24, 2.45) is 0 Å². The Morgan fingerprint density at radius 2 is 2.07 bits per heavy atom. The highest BCUT2D eigenvalue weighted by molar-refractivity contribution is 6.16. The molecule has 1 aromatic rings. The Labute approximate surface area is 83.2 Å². The molecular formula is C12H10O2. The van der Waals surface area contributed by atoms with Crippen molar-refractivity contribution in [2.45, 2.75) is 0 Å². The van der Waals surface area contributed by atoms with Crippen LogP contribution in [-0.2, 0) is 9.53 Å². The van der Waals surface area contributed by atoms with E-state index >= 15 is 0 Å². The van der Waals surface area contributed by atoms with Crippen molar-refractivity contribution in [3.8, 4) is 12.3 Å². The van der Waals surface area contributed by atoms with E-state index in [1.165, 1.54) is 13.2 Å². The Balaban J connectivity index is 3.10. The number of terminal acetylenes is 1. The first-order valence-corrected chi connectivity index (χ1v) is 4.09. The number of carbonyl (C=O) groups is 1. The Morgan fingerprint density at radius 3 is 2.57 bits per heavy atom. The van der Waals surface area contributed by atoms with E-state index in [1.54, 1.807) is 12.1 Å². The van der Waals surface area contributed by atoms with Crippen LogP contribution in [0.25, 0.3) is 5.57 Å². The first-order valence-electron chi connectivity index (χ1n) is 4.09. The van der Waals surface area contributed by atoms with Crippen molar-refractivity contribution in [1.29, 1.82) is 0 Å². The molecule has 14 heavy (non-hydrogen) atoms. The second-order valence-corrected chi connectivity index (χ2v) is 2.58. The van der Waals surface area contributed by atoms with Crippen LogP contribution in [0.2, 0.25) is 0 Å². The van der Waals surface area contributed by atoms with Crippen molar-refractivity contribution in [1.82, 2.24) is 0 Å². The normalized spacial score (nSPS) is 10.4. The maximum absolute atomic E-state index is 11.3. The standard InChI is InChI=1S/C12H10O2/c1-3-7-11(12(13)14-2)10-8-5-4-6-9-10/h1,4-9H,2H3. The minimum atomic E-state index is -0.422. The van der Waals surface area contributed by atoms with Crippen LogP contribution >= 0.6 is 0 Å². The molecule has 1 aromatic carbocycles. The lowest BCUT2D eigenvalue weighted by atomic mass is 10.1. The van der Waals surface area contributed by atoms with Gasteiger partial charge in [-0.3, -0.25) is 0 Å². The summed E-state index contributed by atoms with van der Waals surface area (Å²) in [5, 5.41) is 0. The quantitative estimate of drug-likeness (QED) is 0.400. The third-order valence-corrected chi connectivity index (χ3v) is 1.72. The van der Waals surface area contributed by atoms with Crippen LogP contribution in [0.1, 0.15) is 5.56 Å². The predicted octanol–water partition coefficient (Wildman–Crippen LogP) is 1.88. The SMILES string of the molecule is C#CC=C(C(=O)OC)c1ccccc1. The van der Waals surface area contributed by atoms with Crippen LogP contribution in [0.15, 0.2) is 36.4 Å². The van der Waals surface area contributed by atoms with Crippen molar-refractivity contribution in [3.63, 3.8) is 0 Å². The molecule has 0 amide bonds. The van der Waals surface area contributed by atoms with Gasteiger partial charge >= 0.3 is 5.97 Å². The summed E-state index contributed by atoms with van der Waals surface area (Å²) >= 11 is 0. The Kier molecular flexibility index (Phi) is 3.51. The van der Waals surface area contributed by atoms with Gasteiger partial charge in [0.05, 0.1) is 12.7 Å². The topological polar surface area (TPSA) is 26.3 Å². The number of benzene rings is 1. The molecule has 2 heteroatoms. The monoisotopic (exact) mass is 186 g/mol. The van der Waals surface area contributed by atoms with Crippen molar-refractivity contribution >= 4 is 11.5 Å². The van der Waals surface area contributed by atoms with Gasteiger partial charge in [0.15, 0.2) is 0 Å². The fourth-order valence-corrected chi connectivity index (χ4v) is 1.07.